The number of esters is 1. The summed E-state index contributed by atoms with van der Waals surface area (Å²) in [5.74, 6) is -6.33. The van der Waals surface area contributed by atoms with Crippen LogP contribution in [0.15, 0.2) is 47.3 Å². The third-order valence-electron chi connectivity index (χ3n) is 14.6. The summed E-state index contributed by atoms with van der Waals surface area (Å²) in [5.41, 5.74) is 6.56. The zero-order valence-corrected chi connectivity index (χ0v) is 51.0. The molecule has 5 heterocycles. The topological polar surface area (TPSA) is 383 Å². The summed E-state index contributed by atoms with van der Waals surface area (Å²) >= 11 is 0. The molecular formula is C60H82N10O19. The molecule has 1 aromatic carbocycles. The maximum absolute atomic E-state index is 14.0. The minimum absolute atomic E-state index is 0.00464. The van der Waals surface area contributed by atoms with Crippen molar-refractivity contribution in [2.24, 2.45) is 11.7 Å². The normalized spacial score (nSPS) is 15.9. The van der Waals surface area contributed by atoms with Gasteiger partial charge in [-0.25, -0.2) is 9.78 Å². The maximum Gasteiger partial charge on any atom is 0.343 e. The van der Waals surface area contributed by atoms with E-state index in [-0.39, 0.29) is 101 Å². The number of benzene rings is 1. The monoisotopic (exact) mass is 1250 g/mol. The van der Waals surface area contributed by atoms with E-state index < -0.39 is 95.5 Å². The van der Waals surface area contributed by atoms with Gasteiger partial charge in [0.1, 0.15) is 24.7 Å². The molecule has 29 nitrogen and oxygen atoms in total. The van der Waals surface area contributed by atoms with E-state index in [9.17, 15) is 57.8 Å². The van der Waals surface area contributed by atoms with Gasteiger partial charge in [0, 0.05) is 67.7 Å². The fraction of sp³-hybridized carbons (Fsp3) is 0.567. The minimum Gasteiger partial charge on any atom is -0.458 e. The molecule has 6 rings (SSSR count). The van der Waals surface area contributed by atoms with Crippen LogP contribution in [-0.2, 0) is 106 Å². The molecule has 0 aliphatic carbocycles. The van der Waals surface area contributed by atoms with Crippen LogP contribution in [0.5, 0.6) is 0 Å². The van der Waals surface area contributed by atoms with Crippen molar-refractivity contribution in [3.05, 3.63) is 75.1 Å². The summed E-state index contributed by atoms with van der Waals surface area (Å²) in [5, 5.41) is 24.8. The van der Waals surface area contributed by atoms with Gasteiger partial charge in [-0.1, -0.05) is 39.0 Å². The lowest BCUT2D eigenvalue weighted by molar-refractivity contribution is -0.172. The van der Waals surface area contributed by atoms with Gasteiger partial charge in [-0.15, -0.1) is 0 Å². The van der Waals surface area contributed by atoms with Crippen LogP contribution in [0, 0.1) is 5.92 Å². The number of amides is 9. The van der Waals surface area contributed by atoms with Gasteiger partial charge in [0.15, 0.2) is 5.60 Å². The third-order valence-corrected chi connectivity index (χ3v) is 14.6. The van der Waals surface area contributed by atoms with Crippen LogP contribution in [0.4, 0.5) is 0 Å². The summed E-state index contributed by atoms with van der Waals surface area (Å²) < 4.78 is 39.5. The van der Waals surface area contributed by atoms with E-state index in [4.69, 9.17) is 43.9 Å². The van der Waals surface area contributed by atoms with Gasteiger partial charge in [-0.2, -0.15) is 0 Å². The molecule has 0 spiro atoms. The molecule has 29 heteroatoms. The second-order valence-electron chi connectivity index (χ2n) is 21.7. The molecular weight excluding hydrogens is 1160 g/mol. The van der Waals surface area contributed by atoms with Crippen LogP contribution in [0.2, 0.25) is 0 Å². The predicted molar refractivity (Wildman–Crippen MR) is 317 cm³/mol. The molecule has 0 radical (unpaired) electrons. The van der Waals surface area contributed by atoms with E-state index in [2.05, 4.69) is 26.6 Å². The van der Waals surface area contributed by atoms with Crippen molar-refractivity contribution < 1.29 is 86.2 Å². The van der Waals surface area contributed by atoms with Crippen LogP contribution in [0.25, 0.3) is 22.3 Å². The Kier molecular flexibility index (Phi) is 27.2. The second-order valence-corrected chi connectivity index (χ2v) is 21.7. The highest BCUT2D eigenvalue weighted by molar-refractivity contribution is 6.13. The summed E-state index contributed by atoms with van der Waals surface area (Å²) in [6.45, 7) is 11.8. The smallest absolute Gasteiger partial charge is 0.343 e. The zero-order valence-electron chi connectivity index (χ0n) is 51.0. The van der Waals surface area contributed by atoms with Crippen molar-refractivity contribution in [1.29, 1.82) is 0 Å². The zero-order chi connectivity index (χ0) is 64.6. The maximum atomic E-state index is 14.0. The Balaban J connectivity index is 0.824. The molecule has 0 saturated heterocycles. The van der Waals surface area contributed by atoms with Crippen molar-refractivity contribution in [2.45, 2.75) is 104 Å². The van der Waals surface area contributed by atoms with Crippen molar-refractivity contribution in [2.75, 3.05) is 112 Å². The Labute approximate surface area is 514 Å². The molecule has 4 atom stereocenters. The lowest BCUT2D eigenvalue weighted by atomic mass is 9.86. The molecule has 0 bridgehead atoms. The number of cyclic esters (lactones) is 1. The lowest BCUT2D eigenvalue weighted by Gasteiger charge is -2.31. The Morgan fingerprint density at radius 3 is 1.92 bits per heavy atom. The molecule has 3 aliphatic rings. The number of hydrogen-bond donors (Lipinski definition) is 7. The van der Waals surface area contributed by atoms with Crippen LogP contribution in [-0.4, -0.2) is 214 Å². The van der Waals surface area contributed by atoms with Gasteiger partial charge in [-0.05, 0) is 50.3 Å². The van der Waals surface area contributed by atoms with E-state index in [1.165, 1.54) is 26.0 Å². The Morgan fingerprint density at radius 1 is 0.730 bits per heavy atom. The Hall–Kier alpha value is -8.06. The number of pyridine rings is 2. The molecule has 9 amide bonds. The number of fused-ring (bicyclic) bond motifs is 5. The van der Waals surface area contributed by atoms with Gasteiger partial charge >= 0.3 is 5.97 Å². The van der Waals surface area contributed by atoms with E-state index in [0.717, 1.165) is 21.4 Å². The number of rotatable bonds is 40. The molecule has 0 fully saturated rings. The quantitative estimate of drug-likeness (QED) is 0.0152. The first-order valence-electron chi connectivity index (χ1n) is 29.7. The molecule has 3 aliphatic heterocycles. The molecule has 8 N–H and O–H groups in total. The number of aliphatic hydroxyl groups is 1. The van der Waals surface area contributed by atoms with Gasteiger partial charge in [0.2, 0.25) is 41.4 Å². The van der Waals surface area contributed by atoms with Crippen LogP contribution in [0.1, 0.15) is 82.6 Å². The highest BCUT2D eigenvalue weighted by Crippen LogP contribution is 2.40. The SMILES string of the molecule is CC[C@@]1(O)C(=O)OCc2c1cc1n(c2=O)Cc2c-1nc1ccccc1c2CCN(CC(C)C)C(=O)CNC(=O)[C@H](CC(N)=O)NC(=O)[C@H](C)NC(=O)[C@H](C)NC(=O)CCOCCOCCOCCOCCOCCOCCNC(=O)CCN1C(=O)C=CC1=O. The minimum atomic E-state index is -2.00. The molecule has 0 unspecified atom stereocenters. The molecule has 2 aromatic heterocycles. The van der Waals surface area contributed by atoms with Crippen LogP contribution < -0.4 is 37.9 Å². The lowest BCUT2D eigenvalue weighted by Crippen LogP contribution is -2.56. The average Bonchev–Trinajstić information content (AvgIpc) is 1.65. The first-order chi connectivity index (χ1) is 42.6. The summed E-state index contributed by atoms with van der Waals surface area (Å²) in [6, 6.07) is 5.22. The number of ether oxygens (including phenoxy) is 7. The van der Waals surface area contributed by atoms with Crippen molar-refractivity contribution in [3.8, 4) is 11.4 Å². The highest BCUT2D eigenvalue weighted by atomic mass is 16.6. The van der Waals surface area contributed by atoms with E-state index in [0.29, 0.717) is 82.7 Å². The average molecular weight is 1250 g/mol. The Morgan fingerprint density at radius 2 is 1.31 bits per heavy atom. The van der Waals surface area contributed by atoms with Crippen molar-refractivity contribution in [3.63, 3.8) is 0 Å². The number of nitrogens with two attached hydrogens (primary N) is 1. The number of para-hydroxylation sites is 1. The van der Waals surface area contributed by atoms with Gasteiger partial charge in [-0.3, -0.25) is 52.8 Å². The van der Waals surface area contributed by atoms with E-state index in [1.807, 2.05) is 38.1 Å². The van der Waals surface area contributed by atoms with Crippen molar-refractivity contribution in [1.82, 2.24) is 45.9 Å². The standard InChI is InChI=1S/C60H82N10O19/c1-6-60(82)44-31-47-54-42(35-70(47)58(80)43(44)36-89-59(60)81)40(41-9-7-8-10-45(41)66-54)13-17-68(34-37(2)3)53(76)33-63-57(79)46(32-48(61)71)67-56(78)39(5)65-55(77)38(4)64-50(73)15-19-83-21-23-85-25-27-87-29-30-88-28-26-86-24-22-84-20-16-62-49(72)14-18-69-51(74)11-12-52(69)75/h7-12,31,37-39,46,82H,6,13-30,32-36H2,1-5H3,(H2,61,71)(H,62,72)(H,63,79)(H,64,73)(H,65,77)(H,67,78)/t38-,39-,46-,60-/m0/s1. The number of carbonyl (C=O) groups is 10. The molecule has 0 saturated carbocycles. The highest BCUT2D eigenvalue weighted by Gasteiger charge is 2.45. The van der Waals surface area contributed by atoms with Crippen molar-refractivity contribution >= 4 is 70.0 Å². The number of carbonyl (C=O) groups excluding carboxylic acids is 10. The van der Waals surface area contributed by atoms with E-state index >= 15 is 0 Å². The van der Waals surface area contributed by atoms with E-state index in [1.54, 1.807) is 22.5 Å². The van der Waals surface area contributed by atoms with Gasteiger partial charge in [0.25, 0.3) is 17.4 Å². The second kappa shape index (κ2) is 34.6. The molecule has 486 valence electrons. The number of nitrogens with one attached hydrogen (secondary N) is 5. The summed E-state index contributed by atoms with van der Waals surface area (Å²) in [6.07, 6.45) is 1.94. The number of nitrogens with zero attached hydrogens (tertiary/aromatic N) is 4. The molecule has 3 aromatic rings. The number of imide groups is 1. The van der Waals surface area contributed by atoms with Crippen LogP contribution in [0.3, 0.4) is 0 Å². The van der Waals surface area contributed by atoms with Gasteiger partial charge < -0.3 is 80.0 Å². The first-order valence-corrected chi connectivity index (χ1v) is 29.7. The molecule has 89 heavy (non-hydrogen) atoms. The first kappa shape index (κ1) is 70.0. The summed E-state index contributed by atoms with van der Waals surface area (Å²) in [7, 11) is 0. The number of aromatic nitrogens is 2. The largest absolute Gasteiger partial charge is 0.458 e. The third kappa shape index (κ3) is 20.2. The number of hydrogen-bond acceptors (Lipinski definition) is 20. The van der Waals surface area contributed by atoms with Gasteiger partial charge in [0.05, 0.1) is 121 Å². The fourth-order valence-corrected chi connectivity index (χ4v) is 9.87. The summed E-state index contributed by atoms with van der Waals surface area (Å²) in [4.78, 5) is 148. The fourth-order valence-electron chi connectivity index (χ4n) is 9.87. The number of primary amides is 1. The van der Waals surface area contributed by atoms with Crippen LogP contribution >= 0.6 is 0 Å². The predicted octanol–water partition coefficient (Wildman–Crippen LogP) is -1.49. The Bertz CT molecular complexity index is 3120.